The second-order valence-corrected chi connectivity index (χ2v) is 2.48. The van der Waals surface area contributed by atoms with Gasteiger partial charge in [-0.3, -0.25) is 5.10 Å². The average Bonchev–Trinajstić information content (AvgIpc) is 2.41. The van der Waals surface area contributed by atoms with Crippen LogP contribution in [-0.2, 0) is 0 Å². The maximum Gasteiger partial charge on any atom is 0.125 e. The van der Waals surface area contributed by atoms with Crippen LogP contribution in [0.25, 0.3) is 5.52 Å². The maximum atomic E-state index is 4.15. The molecule has 52 valence electrons. The Balaban J connectivity index is 2.95. The molecule has 10 heavy (non-hydrogen) atoms. The van der Waals surface area contributed by atoms with E-state index >= 15 is 0 Å². The van der Waals surface area contributed by atoms with Gasteiger partial charge in [-0.2, -0.15) is 0 Å². The number of H-pyrrole nitrogens is 1. The van der Waals surface area contributed by atoms with Gasteiger partial charge in [0.25, 0.3) is 0 Å². The monoisotopic (exact) mass is 135 g/mol. The molecule has 3 heteroatoms. The number of aromatic nitrogens is 3. The Bertz CT molecular complexity index is 320. The Morgan fingerprint density at radius 3 is 3.00 bits per heavy atom. The van der Waals surface area contributed by atoms with E-state index in [1.807, 2.05) is 23.8 Å². The Kier molecular flexibility index (Phi) is 0.897. The van der Waals surface area contributed by atoms with Gasteiger partial charge in [-0.15, -0.1) is 0 Å². The third-order valence-corrected chi connectivity index (χ3v) is 1.75. The fourth-order valence-corrected chi connectivity index (χ4v) is 1.12. The van der Waals surface area contributed by atoms with Crippen molar-refractivity contribution in [1.29, 1.82) is 0 Å². The molecule has 0 unspecified atom stereocenters. The van der Waals surface area contributed by atoms with E-state index in [2.05, 4.69) is 17.0 Å². The summed E-state index contributed by atoms with van der Waals surface area (Å²) < 4.78 is 1.97. The first-order valence-electron chi connectivity index (χ1n) is 3.27. The van der Waals surface area contributed by atoms with E-state index in [1.165, 1.54) is 5.56 Å². The summed E-state index contributed by atoms with van der Waals surface area (Å²) in [4.78, 5) is 4.15. The highest BCUT2D eigenvalue weighted by atomic mass is 15.3. The van der Waals surface area contributed by atoms with Crippen molar-refractivity contribution in [3.05, 3.63) is 23.8 Å². The molecular weight excluding hydrogens is 126 g/mol. The van der Waals surface area contributed by atoms with Gasteiger partial charge in [0.1, 0.15) is 5.82 Å². The van der Waals surface area contributed by atoms with Crippen LogP contribution in [0.4, 0.5) is 0 Å². The Morgan fingerprint density at radius 1 is 1.50 bits per heavy atom. The van der Waals surface area contributed by atoms with Crippen LogP contribution in [0, 0.1) is 13.8 Å². The van der Waals surface area contributed by atoms with Crippen LogP contribution < -0.4 is 0 Å². The molecule has 0 aliphatic heterocycles. The Hall–Kier alpha value is -1.25. The van der Waals surface area contributed by atoms with E-state index < -0.39 is 0 Å². The summed E-state index contributed by atoms with van der Waals surface area (Å²) in [6.45, 7) is 4.04. The molecule has 0 aliphatic carbocycles. The van der Waals surface area contributed by atoms with Gasteiger partial charge in [0.15, 0.2) is 0 Å². The van der Waals surface area contributed by atoms with Crippen molar-refractivity contribution in [3.63, 3.8) is 0 Å². The number of aromatic amines is 1. The van der Waals surface area contributed by atoms with E-state index in [1.54, 1.807) is 0 Å². The fraction of sp³-hybridized carbons (Fsp3) is 0.286. The zero-order chi connectivity index (χ0) is 7.14. The molecule has 2 aromatic heterocycles. The van der Waals surface area contributed by atoms with Crippen molar-refractivity contribution in [2.24, 2.45) is 0 Å². The van der Waals surface area contributed by atoms with Crippen molar-refractivity contribution < 1.29 is 0 Å². The molecule has 0 saturated carbocycles. The normalized spacial score (nSPS) is 11.0. The number of hydrogen-bond acceptors (Lipinski definition) is 1. The molecule has 3 nitrogen and oxygen atoms in total. The molecule has 0 radical (unpaired) electrons. The summed E-state index contributed by atoms with van der Waals surface area (Å²) >= 11 is 0. The number of imidazole rings is 1. The highest BCUT2D eigenvalue weighted by Crippen LogP contribution is 2.08. The van der Waals surface area contributed by atoms with Crippen molar-refractivity contribution in [2.75, 3.05) is 0 Å². The summed E-state index contributed by atoms with van der Waals surface area (Å²) in [5.74, 6) is 1.00. The molecule has 2 rings (SSSR count). The zero-order valence-electron chi connectivity index (χ0n) is 6.05. The largest absolute Gasteiger partial charge is 0.300 e. The second-order valence-electron chi connectivity index (χ2n) is 2.48. The zero-order valence-corrected chi connectivity index (χ0v) is 6.05. The minimum atomic E-state index is 1.00. The van der Waals surface area contributed by atoms with Crippen LogP contribution in [0.2, 0.25) is 0 Å². The van der Waals surface area contributed by atoms with Crippen LogP contribution in [0.15, 0.2) is 12.4 Å². The van der Waals surface area contributed by atoms with Crippen LogP contribution in [0.1, 0.15) is 11.4 Å². The molecular formula is C7H9N3. The van der Waals surface area contributed by atoms with E-state index in [9.17, 15) is 0 Å². The molecule has 1 N–H and O–H groups in total. The van der Waals surface area contributed by atoms with Gasteiger partial charge < -0.3 is 0 Å². The molecule has 0 saturated heterocycles. The van der Waals surface area contributed by atoms with E-state index in [0.29, 0.717) is 0 Å². The number of rotatable bonds is 0. The minimum Gasteiger partial charge on any atom is -0.300 e. The van der Waals surface area contributed by atoms with Gasteiger partial charge in [0, 0.05) is 6.20 Å². The Morgan fingerprint density at radius 2 is 2.30 bits per heavy atom. The molecule has 0 aliphatic rings. The first-order valence-corrected chi connectivity index (χ1v) is 3.27. The number of nitrogens with zero attached hydrogens (tertiary/aromatic N) is 2. The van der Waals surface area contributed by atoms with Crippen LogP contribution in [-0.4, -0.2) is 14.6 Å². The van der Waals surface area contributed by atoms with Crippen LogP contribution in [0.3, 0.4) is 0 Å². The maximum absolute atomic E-state index is 4.15. The minimum absolute atomic E-state index is 1.00. The third kappa shape index (κ3) is 0.518. The highest BCUT2D eigenvalue weighted by molar-refractivity contribution is 5.51. The summed E-state index contributed by atoms with van der Waals surface area (Å²) in [7, 11) is 0. The fourth-order valence-electron chi connectivity index (χ4n) is 1.12. The molecule has 0 fully saturated rings. The lowest BCUT2D eigenvalue weighted by molar-refractivity contribution is 0.900. The van der Waals surface area contributed by atoms with Gasteiger partial charge >= 0.3 is 0 Å². The number of nitrogens with one attached hydrogen (secondary N) is 1. The lowest BCUT2D eigenvalue weighted by Gasteiger charge is -1.84. The lowest BCUT2D eigenvalue weighted by Crippen LogP contribution is -1.85. The number of hydrogen-bond donors (Lipinski definition) is 1. The highest BCUT2D eigenvalue weighted by Gasteiger charge is 2.00. The lowest BCUT2D eigenvalue weighted by atomic mass is 10.3. The molecule has 0 bridgehead atoms. The summed E-state index contributed by atoms with van der Waals surface area (Å²) in [5, 5.41) is 3.09. The van der Waals surface area contributed by atoms with Crippen molar-refractivity contribution in [2.45, 2.75) is 13.8 Å². The molecule has 2 aromatic rings. The SMILES string of the molecule is Cc1c[nH]n2c(C)ncc12. The predicted octanol–water partition coefficient (Wildman–Crippen LogP) is 1.28. The van der Waals surface area contributed by atoms with Gasteiger partial charge in [-0.1, -0.05) is 0 Å². The standard InChI is InChI=1S/C7H9N3/c1-5-3-9-10-6(2)8-4-7(5)10/h3-4,9H,1-2H3. The molecule has 0 atom stereocenters. The first kappa shape index (κ1) is 5.53. The molecule has 0 amide bonds. The molecule has 2 heterocycles. The van der Waals surface area contributed by atoms with Crippen molar-refractivity contribution in [3.8, 4) is 0 Å². The second kappa shape index (κ2) is 1.62. The number of aryl methyl sites for hydroxylation is 2. The van der Waals surface area contributed by atoms with Gasteiger partial charge in [0.2, 0.25) is 0 Å². The van der Waals surface area contributed by atoms with Gasteiger partial charge in [0.05, 0.1) is 11.7 Å². The summed E-state index contributed by atoms with van der Waals surface area (Å²) in [6, 6.07) is 0. The van der Waals surface area contributed by atoms with Crippen molar-refractivity contribution in [1.82, 2.24) is 14.6 Å². The quantitative estimate of drug-likeness (QED) is 0.580. The van der Waals surface area contributed by atoms with Gasteiger partial charge in [-0.05, 0) is 19.4 Å². The summed E-state index contributed by atoms with van der Waals surface area (Å²) in [5.41, 5.74) is 2.40. The molecule has 0 aromatic carbocycles. The molecule has 0 spiro atoms. The smallest absolute Gasteiger partial charge is 0.125 e. The van der Waals surface area contributed by atoms with Crippen LogP contribution in [0.5, 0.6) is 0 Å². The third-order valence-electron chi connectivity index (χ3n) is 1.75. The predicted molar refractivity (Wildman–Crippen MR) is 39.0 cm³/mol. The topological polar surface area (TPSA) is 33.1 Å². The van der Waals surface area contributed by atoms with E-state index in [-0.39, 0.29) is 0 Å². The number of fused-ring (bicyclic) bond motifs is 1. The average molecular weight is 135 g/mol. The van der Waals surface area contributed by atoms with E-state index in [0.717, 1.165) is 11.3 Å². The van der Waals surface area contributed by atoms with Crippen LogP contribution >= 0.6 is 0 Å². The first-order chi connectivity index (χ1) is 4.79. The van der Waals surface area contributed by atoms with E-state index in [4.69, 9.17) is 0 Å². The van der Waals surface area contributed by atoms with Crippen molar-refractivity contribution >= 4 is 5.52 Å². The Labute approximate surface area is 58.7 Å². The van der Waals surface area contributed by atoms with Gasteiger partial charge in [-0.25, -0.2) is 9.50 Å². The summed E-state index contributed by atoms with van der Waals surface area (Å²) in [6.07, 6.45) is 3.85.